The summed E-state index contributed by atoms with van der Waals surface area (Å²) in [6.45, 7) is 8.16. The van der Waals surface area contributed by atoms with Gasteiger partial charge in [-0.3, -0.25) is 14.5 Å². The van der Waals surface area contributed by atoms with Crippen molar-refractivity contribution in [2.24, 2.45) is 0 Å². The molecule has 2 fully saturated rings. The molecular weight excluding hydrogens is 598 g/mol. The molecule has 0 aliphatic carbocycles. The molecule has 0 spiro atoms. The van der Waals surface area contributed by atoms with Crippen molar-refractivity contribution in [2.45, 2.75) is 26.3 Å². The van der Waals surface area contributed by atoms with Crippen molar-refractivity contribution in [3.05, 3.63) is 76.2 Å². The molecule has 2 aliphatic rings. The van der Waals surface area contributed by atoms with Crippen LogP contribution in [0, 0.1) is 5.41 Å². The van der Waals surface area contributed by atoms with E-state index < -0.39 is 0 Å². The molecule has 2 aromatic carbocycles. The van der Waals surface area contributed by atoms with Crippen LogP contribution >= 0.6 is 11.3 Å². The highest BCUT2D eigenvalue weighted by molar-refractivity contribution is 7.19. The molecule has 0 radical (unpaired) electrons. The maximum atomic E-state index is 13.0. The van der Waals surface area contributed by atoms with E-state index in [1.54, 1.807) is 17.4 Å². The number of morpholine rings is 1. The van der Waals surface area contributed by atoms with Gasteiger partial charge in [0.1, 0.15) is 0 Å². The second kappa shape index (κ2) is 14.3. The molecule has 11 heteroatoms. The van der Waals surface area contributed by atoms with Gasteiger partial charge in [-0.05, 0) is 36.3 Å². The lowest BCUT2D eigenvalue weighted by molar-refractivity contribution is -0.134. The van der Waals surface area contributed by atoms with Gasteiger partial charge >= 0.3 is 0 Å². The fourth-order valence-corrected chi connectivity index (χ4v) is 7.08. The maximum absolute atomic E-state index is 13.0. The van der Waals surface area contributed by atoms with Gasteiger partial charge in [0.25, 0.3) is 0 Å². The summed E-state index contributed by atoms with van der Waals surface area (Å²) in [4.78, 5) is 43.3. The number of anilines is 2. The third-order valence-electron chi connectivity index (χ3n) is 8.53. The zero-order chi connectivity index (χ0) is 32.0. The Morgan fingerprint density at radius 1 is 0.978 bits per heavy atom. The van der Waals surface area contributed by atoms with E-state index in [2.05, 4.69) is 15.9 Å². The Balaban J connectivity index is 1.11. The number of rotatable bonds is 10. The Morgan fingerprint density at radius 2 is 1.74 bits per heavy atom. The fourth-order valence-electron chi connectivity index (χ4n) is 5.92. The first-order valence-corrected chi connectivity index (χ1v) is 16.5. The molecule has 238 valence electrons. The summed E-state index contributed by atoms with van der Waals surface area (Å²) < 4.78 is 6.65. The number of nitrogens with one attached hydrogen (secondary N) is 1. The number of amides is 1. The van der Waals surface area contributed by atoms with E-state index in [1.165, 1.54) is 11.1 Å². The molecular formula is C35H39N7O3S. The molecule has 2 saturated heterocycles. The molecule has 1 amide bonds. The van der Waals surface area contributed by atoms with Gasteiger partial charge in [-0.15, -0.1) is 11.3 Å². The van der Waals surface area contributed by atoms with Crippen LogP contribution in [0.4, 0.5) is 11.5 Å². The number of Topliss-reactive ketones (excluding diaryl/α,β-unsaturated/α-hetero) is 1. The average Bonchev–Trinajstić information content (AvgIpc) is 3.50. The largest absolute Gasteiger partial charge is 0.398 e. The van der Waals surface area contributed by atoms with Crippen LogP contribution in [0.25, 0.3) is 27.7 Å². The number of carbonyl (C=O) groups is 2. The second-order valence-electron chi connectivity index (χ2n) is 11.7. The van der Waals surface area contributed by atoms with Gasteiger partial charge < -0.3 is 25.7 Å². The van der Waals surface area contributed by atoms with Gasteiger partial charge in [0.15, 0.2) is 17.4 Å². The number of nitrogens with two attached hydrogens (primary N) is 1. The third-order valence-corrected chi connectivity index (χ3v) is 9.64. The Morgan fingerprint density at radius 3 is 2.48 bits per heavy atom. The van der Waals surface area contributed by atoms with Crippen LogP contribution in [0.1, 0.15) is 35.8 Å². The van der Waals surface area contributed by atoms with E-state index >= 15 is 0 Å². The van der Waals surface area contributed by atoms with E-state index in [1.807, 2.05) is 60.4 Å². The summed E-state index contributed by atoms with van der Waals surface area (Å²) >= 11 is 1.71. The molecule has 2 aromatic heterocycles. The average molecular weight is 638 g/mol. The topological polar surface area (TPSA) is 129 Å². The zero-order valence-corrected chi connectivity index (χ0v) is 26.9. The van der Waals surface area contributed by atoms with Gasteiger partial charge in [-0.2, -0.15) is 0 Å². The summed E-state index contributed by atoms with van der Waals surface area (Å²) in [5.41, 5.74) is 10.6. The lowest BCUT2D eigenvalue weighted by atomic mass is 10.0. The molecule has 6 rings (SSSR count). The molecule has 46 heavy (non-hydrogen) atoms. The van der Waals surface area contributed by atoms with Crippen LogP contribution in [-0.4, -0.2) is 90.2 Å². The molecule has 4 heterocycles. The number of ether oxygens (including phenoxy) is 1. The molecule has 10 nitrogen and oxygen atoms in total. The van der Waals surface area contributed by atoms with Gasteiger partial charge in [-0.1, -0.05) is 42.5 Å². The number of fused-ring (bicyclic) bond motifs is 1. The molecule has 0 saturated carbocycles. The lowest BCUT2D eigenvalue weighted by Gasteiger charge is -2.34. The summed E-state index contributed by atoms with van der Waals surface area (Å²) in [5.74, 6) is 1.48. The number of allylic oxidation sites excluding steroid dienone is 1. The van der Waals surface area contributed by atoms with Crippen molar-refractivity contribution in [3.8, 4) is 11.4 Å². The highest BCUT2D eigenvalue weighted by atomic mass is 32.1. The van der Waals surface area contributed by atoms with Crippen molar-refractivity contribution >= 4 is 57.0 Å². The summed E-state index contributed by atoms with van der Waals surface area (Å²) in [7, 11) is 0. The first-order valence-electron chi connectivity index (χ1n) is 15.7. The highest BCUT2D eigenvalue weighted by Crippen LogP contribution is 2.36. The summed E-state index contributed by atoms with van der Waals surface area (Å²) in [6, 6.07) is 17.5. The summed E-state index contributed by atoms with van der Waals surface area (Å²) in [5, 5.41) is 7.94. The van der Waals surface area contributed by atoms with Crippen LogP contribution in [0.15, 0.2) is 60.2 Å². The maximum Gasteiger partial charge on any atom is 0.223 e. The summed E-state index contributed by atoms with van der Waals surface area (Å²) in [6.07, 6.45) is 3.59. The predicted octanol–water partition coefficient (Wildman–Crippen LogP) is 4.87. The normalized spacial score (nSPS) is 16.2. The monoisotopic (exact) mass is 637 g/mol. The number of nitrogens with zero attached hydrogens (tertiary/aromatic N) is 5. The van der Waals surface area contributed by atoms with Crippen molar-refractivity contribution in [1.29, 1.82) is 5.41 Å². The van der Waals surface area contributed by atoms with E-state index in [9.17, 15) is 9.59 Å². The molecule has 3 N–H and O–H groups in total. The van der Waals surface area contributed by atoms with E-state index in [0.29, 0.717) is 49.0 Å². The minimum Gasteiger partial charge on any atom is -0.398 e. The SMILES string of the molecule is C/C(=C\c1ccccc1)C(=O)CCC(=O)N1CCN(Cc2cc3nc(-c4cccc(N)c4C=N)nc(N4CCOCC4)c3s2)CC1. The van der Waals surface area contributed by atoms with Crippen LogP contribution in [0.5, 0.6) is 0 Å². The quantitative estimate of drug-likeness (QED) is 0.143. The second-order valence-corrected chi connectivity index (χ2v) is 12.8. The zero-order valence-electron chi connectivity index (χ0n) is 26.1. The van der Waals surface area contributed by atoms with E-state index in [4.69, 9.17) is 25.8 Å². The Kier molecular flexibility index (Phi) is 9.82. The number of benzene rings is 2. The number of carbonyl (C=O) groups excluding carboxylic acids is 2. The van der Waals surface area contributed by atoms with Gasteiger partial charge in [0.05, 0.1) is 23.4 Å². The minimum atomic E-state index is 0.00749. The van der Waals surface area contributed by atoms with Crippen LogP contribution in [0.3, 0.4) is 0 Å². The van der Waals surface area contributed by atoms with Crippen molar-refractivity contribution in [2.75, 3.05) is 63.1 Å². The number of hydrogen-bond acceptors (Lipinski definition) is 10. The Bertz CT molecular complexity index is 1760. The third kappa shape index (κ3) is 7.17. The smallest absolute Gasteiger partial charge is 0.223 e. The number of aromatic nitrogens is 2. The first-order chi connectivity index (χ1) is 22.4. The van der Waals surface area contributed by atoms with Gasteiger partial charge in [0, 0.05) is 86.6 Å². The standard InChI is InChI=1S/C35H39N7O3S/c1-24(20-25-6-3-2-4-7-25)31(43)10-11-32(44)41-14-12-40(13-15-41)23-26-21-30-33(46-26)35(42-16-18-45-19-17-42)39-34(38-30)27-8-5-9-29(37)28(27)22-36/h2-9,20-22,36H,10-19,23,37H2,1H3/b24-20+,36-22?. The van der Waals surface area contributed by atoms with Crippen LogP contribution < -0.4 is 10.6 Å². The number of ketones is 1. The van der Waals surface area contributed by atoms with E-state index in [0.717, 1.165) is 59.9 Å². The van der Waals surface area contributed by atoms with Crippen LogP contribution in [-0.2, 0) is 20.9 Å². The van der Waals surface area contributed by atoms with Crippen molar-refractivity contribution in [1.82, 2.24) is 19.8 Å². The number of nitrogen functional groups attached to an aromatic ring is 1. The fraction of sp³-hybridized carbons (Fsp3) is 0.343. The Labute approximate surface area is 273 Å². The predicted molar refractivity (Wildman–Crippen MR) is 184 cm³/mol. The Hall–Kier alpha value is -4.45. The minimum absolute atomic E-state index is 0.00749. The van der Waals surface area contributed by atoms with Gasteiger partial charge in [-0.25, -0.2) is 9.97 Å². The molecule has 0 atom stereocenters. The van der Waals surface area contributed by atoms with Gasteiger partial charge in [0.2, 0.25) is 5.91 Å². The van der Waals surface area contributed by atoms with Crippen molar-refractivity contribution in [3.63, 3.8) is 0 Å². The number of thiophene rings is 1. The lowest BCUT2D eigenvalue weighted by Crippen LogP contribution is -2.48. The van der Waals surface area contributed by atoms with Crippen molar-refractivity contribution < 1.29 is 14.3 Å². The molecule has 2 aliphatic heterocycles. The van der Waals surface area contributed by atoms with Crippen LogP contribution in [0.2, 0.25) is 0 Å². The molecule has 0 unspecified atom stereocenters. The highest BCUT2D eigenvalue weighted by Gasteiger charge is 2.25. The first kappa shape index (κ1) is 31.5. The van der Waals surface area contributed by atoms with E-state index in [-0.39, 0.29) is 24.5 Å². The molecule has 0 bridgehead atoms. The number of piperazine rings is 1. The number of hydrogen-bond donors (Lipinski definition) is 2. The molecule has 4 aromatic rings.